The monoisotopic (exact) mass is 279 g/mol. The van der Waals surface area contributed by atoms with Gasteiger partial charge in [0, 0.05) is 23.4 Å². The van der Waals surface area contributed by atoms with Crippen molar-refractivity contribution in [1.82, 2.24) is 4.98 Å². The molecule has 2 fully saturated rings. The van der Waals surface area contributed by atoms with Gasteiger partial charge in [0.05, 0.1) is 16.8 Å². The highest BCUT2D eigenvalue weighted by Crippen LogP contribution is 2.46. The molecule has 0 bridgehead atoms. The van der Waals surface area contributed by atoms with Crippen LogP contribution in [-0.4, -0.2) is 28.4 Å². The number of aliphatic hydroxyl groups is 1. The Hall–Kier alpha value is -0.975. The van der Waals surface area contributed by atoms with Crippen LogP contribution in [0.2, 0.25) is 0 Å². The quantitative estimate of drug-likeness (QED) is 0.834. The van der Waals surface area contributed by atoms with Crippen LogP contribution in [0.25, 0.3) is 0 Å². The Morgan fingerprint density at radius 2 is 1.70 bits per heavy atom. The van der Waals surface area contributed by atoms with Gasteiger partial charge in [-0.1, -0.05) is 0 Å². The van der Waals surface area contributed by atoms with Crippen molar-refractivity contribution < 1.29 is 18.8 Å². The van der Waals surface area contributed by atoms with Crippen LogP contribution in [0.5, 0.6) is 0 Å². The van der Waals surface area contributed by atoms with Crippen molar-refractivity contribution in [1.29, 1.82) is 0 Å². The van der Waals surface area contributed by atoms with E-state index in [2.05, 4.69) is 4.98 Å². The highest BCUT2D eigenvalue weighted by molar-refractivity contribution is 6.62. The van der Waals surface area contributed by atoms with Crippen molar-refractivity contribution in [2.24, 2.45) is 0 Å². The number of hydrogen-bond acceptors (Lipinski definition) is 4. The highest BCUT2D eigenvalue weighted by Gasteiger charge is 2.53. The predicted molar refractivity (Wildman–Crippen MR) is 73.0 cm³/mol. The van der Waals surface area contributed by atoms with Gasteiger partial charge in [0.1, 0.15) is 5.82 Å². The molecular formula is C14H19BFNO3. The summed E-state index contributed by atoms with van der Waals surface area (Å²) in [5.74, 6) is -0.474. The average Bonchev–Trinajstić information content (AvgIpc) is 3.01. The molecule has 0 amide bonds. The minimum absolute atomic E-state index is 0.240. The lowest BCUT2D eigenvalue weighted by atomic mass is 9.78. The Morgan fingerprint density at radius 1 is 1.15 bits per heavy atom. The van der Waals surface area contributed by atoms with E-state index in [1.807, 2.05) is 27.7 Å². The molecule has 0 atom stereocenters. The summed E-state index contributed by atoms with van der Waals surface area (Å²) >= 11 is 0. The summed E-state index contributed by atoms with van der Waals surface area (Å²) in [7, 11) is -0.796. The molecule has 1 aromatic heterocycles. The van der Waals surface area contributed by atoms with Crippen LogP contribution in [0, 0.1) is 5.82 Å². The molecule has 1 aromatic rings. The van der Waals surface area contributed by atoms with Crippen molar-refractivity contribution >= 4 is 12.6 Å². The number of halogens is 1. The topological polar surface area (TPSA) is 51.6 Å². The van der Waals surface area contributed by atoms with Crippen molar-refractivity contribution in [3.63, 3.8) is 0 Å². The van der Waals surface area contributed by atoms with Gasteiger partial charge in [-0.3, -0.25) is 4.98 Å². The lowest BCUT2D eigenvalue weighted by Crippen LogP contribution is -2.41. The fraction of sp³-hybridized carbons (Fsp3) is 0.643. The van der Waals surface area contributed by atoms with Gasteiger partial charge in [-0.25, -0.2) is 4.39 Å². The predicted octanol–water partition coefficient (Wildman–Crippen LogP) is 1.50. The molecule has 1 aliphatic carbocycles. The first kappa shape index (κ1) is 14.0. The van der Waals surface area contributed by atoms with Gasteiger partial charge in [0.25, 0.3) is 0 Å². The molecule has 2 heterocycles. The molecule has 20 heavy (non-hydrogen) atoms. The van der Waals surface area contributed by atoms with Crippen molar-refractivity contribution in [3.8, 4) is 0 Å². The van der Waals surface area contributed by atoms with Crippen LogP contribution in [0.1, 0.15) is 46.1 Å². The zero-order valence-electron chi connectivity index (χ0n) is 12.2. The Kier molecular flexibility index (Phi) is 2.81. The van der Waals surface area contributed by atoms with Crippen molar-refractivity contribution in [2.45, 2.75) is 57.3 Å². The van der Waals surface area contributed by atoms with Crippen molar-refractivity contribution in [2.75, 3.05) is 0 Å². The number of aromatic nitrogens is 1. The average molecular weight is 279 g/mol. The SMILES string of the molecule is CC1(C)OB(c2cncc(C3(O)CC3)c2F)OC1(C)C. The second-order valence-electron chi connectivity index (χ2n) is 6.71. The summed E-state index contributed by atoms with van der Waals surface area (Å²) in [5, 5.41) is 10.1. The van der Waals surface area contributed by atoms with Crippen LogP contribution in [-0.2, 0) is 14.9 Å². The second-order valence-corrected chi connectivity index (χ2v) is 6.71. The third-order valence-corrected chi connectivity index (χ3v) is 4.64. The number of hydrogen-bond donors (Lipinski definition) is 1. The highest BCUT2D eigenvalue weighted by atomic mass is 19.1. The molecule has 3 rings (SSSR count). The van der Waals surface area contributed by atoms with Gasteiger partial charge < -0.3 is 14.4 Å². The van der Waals surface area contributed by atoms with E-state index >= 15 is 0 Å². The maximum atomic E-state index is 14.6. The summed E-state index contributed by atoms with van der Waals surface area (Å²) < 4.78 is 26.3. The smallest absolute Gasteiger partial charge is 0.399 e. The van der Waals surface area contributed by atoms with Crippen LogP contribution in [0.4, 0.5) is 4.39 Å². The van der Waals surface area contributed by atoms with Gasteiger partial charge in [-0.2, -0.15) is 0 Å². The minimum Gasteiger partial charge on any atom is -0.399 e. The number of rotatable bonds is 2. The summed E-state index contributed by atoms with van der Waals surface area (Å²) in [6, 6.07) is 0. The Balaban J connectivity index is 1.97. The normalized spacial score (nSPS) is 25.8. The molecular weight excluding hydrogens is 260 g/mol. The lowest BCUT2D eigenvalue weighted by Gasteiger charge is -2.32. The molecule has 0 spiro atoms. The molecule has 0 unspecified atom stereocenters. The first-order valence-electron chi connectivity index (χ1n) is 6.88. The Labute approximate surface area is 118 Å². The molecule has 0 radical (unpaired) electrons. The van der Waals surface area contributed by atoms with E-state index in [1.165, 1.54) is 12.4 Å². The first-order chi connectivity index (χ1) is 9.16. The van der Waals surface area contributed by atoms with Crippen molar-refractivity contribution in [3.05, 3.63) is 23.8 Å². The lowest BCUT2D eigenvalue weighted by molar-refractivity contribution is 0.00578. The van der Waals surface area contributed by atoms with E-state index in [0.29, 0.717) is 12.8 Å². The van der Waals surface area contributed by atoms with E-state index < -0.39 is 29.7 Å². The maximum absolute atomic E-state index is 14.6. The zero-order chi connectivity index (χ0) is 14.8. The van der Waals surface area contributed by atoms with Crippen LogP contribution >= 0.6 is 0 Å². The minimum atomic E-state index is -1.06. The third kappa shape index (κ3) is 1.98. The molecule has 0 aromatic carbocycles. The Bertz CT molecular complexity index is 541. The summed E-state index contributed by atoms with van der Waals surface area (Å²) in [6.45, 7) is 7.65. The zero-order valence-corrected chi connectivity index (χ0v) is 12.2. The fourth-order valence-electron chi connectivity index (χ4n) is 2.31. The molecule has 1 N–H and O–H groups in total. The first-order valence-corrected chi connectivity index (χ1v) is 6.88. The molecule has 1 aliphatic heterocycles. The fourth-order valence-corrected chi connectivity index (χ4v) is 2.31. The third-order valence-electron chi connectivity index (χ3n) is 4.64. The maximum Gasteiger partial charge on any atom is 0.499 e. The number of pyridine rings is 1. The standard InChI is InChI=1S/C14H19BFNO3/c1-12(2)13(3,4)20-15(19-12)10-8-17-7-9(11(10)16)14(18)5-6-14/h7-8,18H,5-6H2,1-4H3. The molecule has 6 heteroatoms. The second kappa shape index (κ2) is 4.03. The summed E-state index contributed by atoms with van der Waals surface area (Å²) in [4.78, 5) is 4.03. The van der Waals surface area contributed by atoms with E-state index in [9.17, 15) is 9.50 Å². The summed E-state index contributed by atoms with van der Waals surface area (Å²) in [6.07, 6.45) is 3.93. The van der Waals surface area contributed by atoms with E-state index in [-0.39, 0.29) is 11.0 Å². The molecule has 2 aliphatic rings. The van der Waals surface area contributed by atoms with Gasteiger partial charge in [0.15, 0.2) is 0 Å². The van der Waals surface area contributed by atoms with Crippen LogP contribution < -0.4 is 5.46 Å². The van der Waals surface area contributed by atoms with E-state index in [1.54, 1.807) is 0 Å². The molecule has 1 saturated carbocycles. The van der Waals surface area contributed by atoms with Gasteiger partial charge >= 0.3 is 7.12 Å². The van der Waals surface area contributed by atoms with Gasteiger partial charge in [-0.05, 0) is 40.5 Å². The molecule has 108 valence electrons. The molecule has 4 nitrogen and oxygen atoms in total. The van der Waals surface area contributed by atoms with E-state index in [0.717, 1.165) is 0 Å². The number of nitrogens with zero attached hydrogens (tertiary/aromatic N) is 1. The molecule has 1 saturated heterocycles. The van der Waals surface area contributed by atoms with Gasteiger partial charge in [0.2, 0.25) is 0 Å². The van der Waals surface area contributed by atoms with Crippen LogP contribution in [0.3, 0.4) is 0 Å². The van der Waals surface area contributed by atoms with Crippen LogP contribution in [0.15, 0.2) is 12.4 Å². The summed E-state index contributed by atoms with van der Waals surface area (Å²) in [5.41, 5.74) is -1.63. The van der Waals surface area contributed by atoms with Gasteiger partial charge in [-0.15, -0.1) is 0 Å². The van der Waals surface area contributed by atoms with E-state index in [4.69, 9.17) is 9.31 Å². The largest absolute Gasteiger partial charge is 0.499 e. The Morgan fingerprint density at radius 3 is 2.20 bits per heavy atom.